The Kier molecular flexibility index (Phi) is 3.54. The van der Waals surface area contributed by atoms with Gasteiger partial charge in [-0.15, -0.1) is 0 Å². The quantitative estimate of drug-likeness (QED) is 0.626. The van der Waals surface area contributed by atoms with Crippen LogP contribution in [0.2, 0.25) is 0 Å². The van der Waals surface area contributed by atoms with E-state index in [0.717, 1.165) is 0 Å². The van der Waals surface area contributed by atoms with Gasteiger partial charge < -0.3 is 15.3 Å². The highest BCUT2D eigenvalue weighted by atomic mass is 16.4. The van der Waals surface area contributed by atoms with Gasteiger partial charge in [0.15, 0.2) is 5.78 Å². The van der Waals surface area contributed by atoms with E-state index in [1.165, 1.54) is 26.0 Å². The summed E-state index contributed by atoms with van der Waals surface area (Å²) in [6, 6.07) is 0. The van der Waals surface area contributed by atoms with Crippen LogP contribution in [0.3, 0.4) is 0 Å². The molecular weight excluding hydrogens is 220 g/mol. The summed E-state index contributed by atoms with van der Waals surface area (Å²) in [5.74, 6) is -0.184. The third kappa shape index (κ3) is 2.44. The number of allylic oxidation sites excluding steroid dienone is 1. The largest absolute Gasteiger partial charge is 0.393 e. The number of aliphatic hydroxyl groups excluding tert-OH is 1. The lowest BCUT2D eigenvalue weighted by Gasteiger charge is -2.54. The average Bonchev–Trinajstić information content (AvgIpc) is 2.09. The maximum atomic E-state index is 11.0. The van der Waals surface area contributed by atoms with Crippen molar-refractivity contribution in [3.8, 4) is 0 Å². The molecule has 0 aliphatic heterocycles. The van der Waals surface area contributed by atoms with Gasteiger partial charge in [-0.1, -0.05) is 13.8 Å². The van der Waals surface area contributed by atoms with E-state index in [-0.39, 0.29) is 12.2 Å². The zero-order valence-electron chi connectivity index (χ0n) is 10.9. The van der Waals surface area contributed by atoms with Crippen molar-refractivity contribution in [3.63, 3.8) is 0 Å². The zero-order valence-corrected chi connectivity index (χ0v) is 10.9. The van der Waals surface area contributed by atoms with Crippen molar-refractivity contribution in [2.45, 2.75) is 57.8 Å². The van der Waals surface area contributed by atoms with Crippen LogP contribution in [0.25, 0.3) is 0 Å². The van der Waals surface area contributed by atoms with Crippen molar-refractivity contribution in [3.05, 3.63) is 12.2 Å². The highest BCUT2D eigenvalue weighted by molar-refractivity contribution is 5.87. The van der Waals surface area contributed by atoms with Crippen LogP contribution in [-0.4, -0.2) is 38.4 Å². The first-order chi connectivity index (χ1) is 7.52. The van der Waals surface area contributed by atoms with Gasteiger partial charge >= 0.3 is 0 Å². The van der Waals surface area contributed by atoms with E-state index in [0.29, 0.717) is 6.42 Å². The molecule has 98 valence electrons. The monoisotopic (exact) mass is 242 g/mol. The second kappa shape index (κ2) is 4.19. The van der Waals surface area contributed by atoms with Gasteiger partial charge in [-0.25, -0.2) is 0 Å². The normalized spacial score (nSPS) is 41.7. The van der Waals surface area contributed by atoms with E-state index in [9.17, 15) is 20.1 Å². The van der Waals surface area contributed by atoms with E-state index in [1.54, 1.807) is 13.8 Å². The summed E-state index contributed by atoms with van der Waals surface area (Å²) in [5.41, 5.74) is -3.69. The van der Waals surface area contributed by atoms with Gasteiger partial charge in [0, 0.05) is 11.8 Å². The van der Waals surface area contributed by atoms with Gasteiger partial charge in [0.05, 0.1) is 11.7 Å². The molecule has 4 heteroatoms. The highest BCUT2D eigenvalue weighted by Crippen LogP contribution is 2.50. The van der Waals surface area contributed by atoms with Gasteiger partial charge in [-0.3, -0.25) is 4.79 Å². The van der Waals surface area contributed by atoms with E-state index in [4.69, 9.17) is 0 Å². The number of ketones is 1. The second-order valence-corrected chi connectivity index (χ2v) is 5.93. The molecule has 3 atom stereocenters. The smallest absolute Gasteiger partial charge is 0.152 e. The molecule has 3 N–H and O–H groups in total. The summed E-state index contributed by atoms with van der Waals surface area (Å²) in [6.45, 7) is 6.42. The fourth-order valence-electron chi connectivity index (χ4n) is 2.80. The number of carbonyl (C=O) groups is 1. The Bertz CT molecular complexity index is 323. The summed E-state index contributed by atoms with van der Waals surface area (Å²) >= 11 is 0. The van der Waals surface area contributed by atoms with Crippen LogP contribution in [-0.2, 0) is 4.79 Å². The molecule has 0 spiro atoms. The number of hydrogen-bond acceptors (Lipinski definition) is 4. The minimum Gasteiger partial charge on any atom is -0.393 e. The Morgan fingerprint density at radius 1 is 1.24 bits per heavy atom. The molecule has 1 rings (SSSR count). The number of carbonyl (C=O) groups excluding carboxylic acids is 1. The molecule has 17 heavy (non-hydrogen) atoms. The van der Waals surface area contributed by atoms with Gasteiger partial charge in [0.25, 0.3) is 0 Å². The molecule has 1 aliphatic carbocycles. The van der Waals surface area contributed by atoms with E-state index >= 15 is 0 Å². The summed E-state index contributed by atoms with van der Waals surface area (Å²) in [4.78, 5) is 11.0. The Morgan fingerprint density at radius 3 is 2.18 bits per heavy atom. The lowest BCUT2D eigenvalue weighted by molar-refractivity contribution is -0.216. The highest BCUT2D eigenvalue weighted by Gasteiger charge is 2.58. The van der Waals surface area contributed by atoms with Gasteiger partial charge in [-0.05, 0) is 32.4 Å². The van der Waals surface area contributed by atoms with Gasteiger partial charge in [0.2, 0.25) is 0 Å². The van der Waals surface area contributed by atoms with Crippen LogP contribution in [0.5, 0.6) is 0 Å². The molecule has 0 amide bonds. The first kappa shape index (κ1) is 14.4. The number of rotatable bonds is 2. The molecule has 0 aromatic rings. The lowest BCUT2D eigenvalue weighted by atomic mass is 9.57. The standard InChI is InChI=1S/C13H22O4/c1-9(14)5-6-13(17)11(2,3)7-10(15)8-12(13,4)16/h5-6,10,15-17H,7-8H2,1-4H3/b6-5+/t10-,12-,13+/m1/s1. The van der Waals surface area contributed by atoms with Crippen LogP contribution in [0.1, 0.15) is 40.5 Å². The van der Waals surface area contributed by atoms with Crippen molar-refractivity contribution in [1.29, 1.82) is 0 Å². The number of hydrogen-bond donors (Lipinski definition) is 3. The number of aliphatic hydroxyl groups is 3. The van der Waals surface area contributed by atoms with Crippen molar-refractivity contribution in [2.75, 3.05) is 0 Å². The van der Waals surface area contributed by atoms with E-state index < -0.39 is 22.7 Å². The SMILES string of the molecule is CC(=O)/C=C/[C@]1(O)C(C)(C)C[C@@H](O)C[C@@]1(C)O. The van der Waals surface area contributed by atoms with Gasteiger partial charge in [-0.2, -0.15) is 0 Å². The average molecular weight is 242 g/mol. The van der Waals surface area contributed by atoms with E-state index in [2.05, 4.69) is 0 Å². The third-order valence-electron chi connectivity index (χ3n) is 3.79. The van der Waals surface area contributed by atoms with Gasteiger partial charge in [0.1, 0.15) is 5.60 Å². The first-order valence-corrected chi connectivity index (χ1v) is 5.84. The Labute approximate surface area is 102 Å². The summed E-state index contributed by atoms with van der Waals surface area (Å²) < 4.78 is 0. The Balaban J connectivity index is 3.19. The second-order valence-electron chi connectivity index (χ2n) is 5.93. The maximum absolute atomic E-state index is 11.0. The molecule has 0 bridgehead atoms. The van der Waals surface area contributed by atoms with Crippen LogP contribution in [0, 0.1) is 5.41 Å². The maximum Gasteiger partial charge on any atom is 0.152 e. The van der Waals surface area contributed by atoms with Crippen LogP contribution in [0.4, 0.5) is 0 Å². The summed E-state index contributed by atoms with van der Waals surface area (Å²) in [7, 11) is 0. The fourth-order valence-corrected chi connectivity index (χ4v) is 2.80. The van der Waals surface area contributed by atoms with Crippen LogP contribution in [0.15, 0.2) is 12.2 Å². The fraction of sp³-hybridized carbons (Fsp3) is 0.769. The zero-order chi connectivity index (χ0) is 13.5. The summed E-state index contributed by atoms with van der Waals surface area (Å²) in [6.07, 6.45) is 2.46. The van der Waals surface area contributed by atoms with Crippen molar-refractivity contribution >= 4 is 5.78 Å². The molecule has 0 heterocycles. The molecule has 0 radical (unpaired) electrons. The molecular formula is C13H22O4. The van der Waals surface area contributed by atoms with Crippen LogP contribution < -0.4 is 0 Å². The molecule has 0 saturated heterocycles. The molecule has 4 nitrogen and oxygen atoms in total. The van der Waals surface area contributed by atoms with Crippen LogP contribution >= 0.6 is 0 Å². The lowest BCUT2D eigenvalue weighted by Crippen LogP contribution is -2.65. The topological polar surface area (TPSA) is 77.8 Å². The molecule has 1 aliphatic rings. The molecule has 1 saturated carbocycles. The third-order valence-corrected chi connectivity index (χ3v) is 3.79. The first-order valence-electron chi connectivity index (χ1n) is 5.84. The van der Waals surface area contributed by atoms with Crippen molar-refractivity contribution in [1.82, 2.24) is 0 Å². The molecule has 0 aromatic heterocycles. The van der Waals surface area contributed by atoms with Crippen molar-refractivity contribution < 1.29 is 20.1 Å². The summed E-state index contributed by atoms with van der Waals surface area (Å²) in [5, 5.41) is 30.8. The molecule has 1 fully saturated rings. The minimum absolute atomic E-state index is 0.0924. The molecule has 0 unspecified atom stereocenters. The van der Waals surface area contributed by atoms with Crippen molar-refractivity contribution in [2.24, 2.45) is 5.41 Å². The Hall–Kier alpha value is -0.710. The minimum atomic E-state index is -1.52. The Morgan fingerprint density at radius 2 is 1.76 bits per heavy atom. The predicted molar refractivity (Wildman–Crippen MR) is 64.4 cm³/mol. The predicted octanol–water partition coefficient (Wildman–Crippen LogP) is 0.795. The molecule has 0 aromatic carbocycles. The van der Waals surface area contributed by atoms with E-state index in [1.807, 2.05) is 0 Å².